The Bertz CT molecular complexity index is 888. The Morgan fingerprint density at radius 1 is 1.00 bits per heavy atom. The van der Waals surface area contributed by atoms with E-state index in [0.717, 1.165) is 82.0 Å². The molecule has 0 radical (unpaired) electrons. The molecule has 0 amide bonds. The lowest BCUT2D eigenvalue weighted by atomic mass is 9.90. The Kier molecular flexibility index (Phi) is 6.69. The summed E-state index contributed by atoms with van der Waals surface area (Å²) in [6.07, 6.45) is 12.0. The Labute approximate surface area is 190 Å². The van der Waals surface area contributed by atoms with E-state index in [9.17, 15) is 5.11 Å². The molecule has 2 aliphatic heterocycles. The van der Waals surface area contributed by atoms with Crippen LogP contribution in [0.5, 0.6) is 0 Å². The lowest BCUT2D eigenvalue weighted by Gasteiger charge is -2.29. The van der Waals surface area contributed by atoms with E-state index >= 15 is 0 Å². The lowest BCUT2D eigenvalue weighted by molar-refractivity contribution is 0.126. The smallest absolute Gasteiger partial charge is 0.229 e. The number of aromatic nitrogens is 3. The van der Waals surface area contributed by atoms with Crippen LogP contribution in [0.1, 0.15) is 62.8 Å². The molecule has 3 fully saturated rings. The van der Waals surface area contributed by atoms with E-state index in [-0.39, 0.29) is 6.10 Å². The summed E-state index contributed by atoms with van der Waals surface area (Å²) < 4.78 is 0. The zero-order valence-corrected chi connectivity index (χ0v) is 18.8. The number of hydrogen-bond acceptors (Lipinski definition) is 8. The first-order chi connectivity index (χ1) is 15.7. The molecule has 2 aromatic rings. The van der Waals surface area contributed by atoms with E-state index in [1.807, 2.05) is 18.5 Å². The van der Waals surface area contributed by atoms with Crippen LogP contribution in [0.4, 0.5) is 23.3 Å². The largest absolute Gasteiger partial charge is 0.393 e. The summed E-state index contributed by atoms with van der Waals surface area (Å²) in [6, 6.07) is 4.41. The molecule has 4 heterocycles. The topological polar surface area (TPSA) is 98.2 Å². The molecule has 8 heteroatoms. The van der Waals surface area contributed by atoms with E-state index in [1.165, 1.54) is 18.4 Å². The van der Waals surface area contributed by atoms with Gasteiger partial charge in [-0.05, 0) is 76.4 Å². The molecule has 0 unspecified atom stereocenters. The fourth-order valence-electron chi connectivity index (χ4n) is 5.16. The fraction of sp³-hybridized carbons (Fsp3) is 0.625. The minimum atomic E-state index is -0.156. The molecule has 0 spiro atoms. The predicted octanol–water partition coefficient (Wildman–Crippen LogP) is 3.40. The molecule has 4 N–H and O–H groups in total. The zero-order valence-electron chi connectivity index (χ0n) is 18.8. The normalized spacial score (nSPS) is 24.5. The Morgan fingerprint density at radius 2 is 1.78 bits per heavy atom. The van der Waals surface area contributed by atoms with Crippen molar-refractivity contribution in [1.29, 1.82) is 0 Å². The van der Waals surface area contributed by atoms with Gasteiger partial charge in [0.05, 0.1) is 6.10 Å². The summed E-state index contributed by atoms with van der Waals surface area (Å²) in [6.45, 7) is 4.22. The quantitative estimate of drug-likeness (QED) is 0.546. The molecule has 1 aliphatic carbocycles. The van der Waals surface area contributed by atoms with Crippen molar-refractivity contribution in [1.82, 2.24) is 20.3 Å². The molecular weight excluding hydrogens is 402 g/mol. The molecular formula is C24H35N7O. The van der Waals surface area contributed by atoms with Crippen molar-refractivity contribution in [3.63, 3.8) is 0 Å². The van der Waals surface area contributed by atoms with E-state index in [2.05, 4.69) is 36.9 Å². The van der Waals surface area contributed by atoms with Crippen LogP contribution in [0.25, 0.3) is 0 Å². The monoisotopic (exact) mass is 437 g/mol. The lowest BCUT2D eigenvalue weighted by Crippen LogP contribution is -2.30. The molecule has 8 nitrogen and oxygen atoms in total. The number of nitrogens with one attached hydrogen (secondary N) is 3. The maximum Gasteiger partial charge on any atom is 0.229 e. The summed E-state index contributed by atoms with van der Waals surface area (Å²) in [5.41, 5.74) is 2.18. The van der Waals surface area contributed by atoms with Gasteiger partial charge in [-0.3, -0.25) is 0 Å². The molecule has 0 atom stereocenters. The van der Waals surface area contributed by atoms with Gasteiger partial charge in [0.2, 0.25) is 5.95 Å². The SMILES string of the molecule is O[C@H]1CC[C@H](Nc2nc(Nc3ccnc(N4CCCC4)c3)ncc2C2CCNCC2)CC1. The van der Waals surface area contributed by atoms with E-state index in [0.29, 0.717) is 17.9 Å². The van der Waals surface area contributed by atoms with E-state index < -0.39 is 0 Å². The van der Waals surface area contributed by atoms with Crippen molar-refractivity contribution in [2.75, 3.05) is 41.7 Å². The standard InChI is InChI=1S/C24H35N7O/c32-20-5-3-18(4-6-20)28-23-21(17-7-10-25-11-8-17)16-27-24(30-23)29-19-9-12-26-22(15-19)31-13-1-2-14-31/h9,12,15-18,20,25,32H,1-8,10-11,13-14H2,(H2,26,27,28,29,30)/t18-,20-. The van der Waals surface area contributed by atoms with Crippen molar-refractivity contribution in [3.8, 4) is 0 Å². The highest BCUT2D eigenvalue weighted by molar-refractivity contribution is 5.60. The van der Waals surface area contributed by atoms with Gasteiger partial charge >= 0.3 is 0 Å². The molecule has 0 bridgehead atoms. The Balaban J connectivity index is 1.36. The summed E-state index contributed by atoms with van der Waals surface area (Å²) in [5.74, 6) is 3.05. The summed E-state index contributed by atoms with van der Waals surface area (Å²) in [7, 11) is 0. The van der Waals surface area contributed by atoms with Gasteiger partial charge in [-0.2, -0.15) is 4.98 Å². The third-order valence-electron chi connectivity index (χ3n) is 7.07. The first-order valence-corrected chi connectivity index (χ1v) is 12.2. The van der Waals surface area contributed by atoms with Crippen LogP contribution >= 0.6 is 0 Å². The van der Waals surface area contributed by atoms with Crippen LogP contribution in [0.15, 0.2) is 24.5 Å². The minimum absolute atomic E-state index is 0.156. The summed E-state index contributed by atoms with van der Waals surface area (Å²) in [4.78, 5) is 16.5. The highest BCUT2D eigenvalue weighted by Crippen LogP contribution is 2.33. The van der Waals surface area contributed by atoms with Crippen LogP contribution in [-0.4, -0.2) is 58.4 Å². The van der Waals surface area contributed by atoms with Crippen molar-refractivity contribution in [3.05, 3.63) is 30.1 Å². The average Bonchev–Trinajstić information content (AvgIpc) is 3.37. The second-order valence-electron chi connectivity index (χ2n) is 9.39. The van der Waals surface area contributed by atoms with Crippen LogP contribution in [0.2, 0.25) is 0 Å². The second-order valence-corrected chi connectivity index (χ2v) is 9.39. The van der Waals surface area contributed by atoms with E-state index in [4.69, 9.17) is 4.98 Å². The molecule has 0 aromatic carbocycles. The van der Waals surface area contributed by atoms with Crippen LogP contribution in [0.3, 0.4) is 0 Å². The van der Waals surface area contributed by atoms with Gasteiger partial charge in [0.1, 0.15) is 11.6 Å². The number of aliphatic hydroxyl groups is 1. The van der Waals surface area contributed by atoms with Crippen LogP contribution in [0, 0.1) is 0 Å². The summed E-state index contributed by atoms with van der Waals surface area (Å²) >= 11 is 0. The van der Waals surface area contributed by atoms with Crippen molar-refractivity contribution in [2.24, 2.45) is 0 Å². The molecule has 5 rings (SSSR count). The highest BCUT2D eigenvalue weighted by Gasteiger charge is 2.24. The van der Waals surface area contributed by atoms with Crippen LogP contribution < -0.4 is 20.9 Å². The van der Waals surface area contributed by atoms with Gasteiger partial charge in [-0.15, -0.1) is 0 Å². The first kappa shape index (κ1) is 21.4. The third-order valence-corrected chi connectivity index (χ3v) is 7.07. The van der Waals surface area contributed by atoms with Crippen molar-refractivity contribution in [2.45, 2.75) is 69.4 Å². The van der Waals surface area contributed by atoms with E-state index in [1.54, 1.807) is 0 Å². The third kappa shape index (κ3) is 5.13. The van der Waals surface area contributed by atoms with Crippen molar-refractivity contribution < 1.29 is 5.11 Å². The minimum Gasteiger partial charge on any atom is -0.393 e. The fourth-order valence-corrected chi connectivity index (χ4v) is 5.16. The maximum atomic E-state index is 9.88. The van der Waals surface area contributed by atoms with Gasteiger partial charge < -0.3 is 26.0 Å². The van der Waals surface area contributed by atoms with Gasteiger partial charge in [-0.25, -0.2) is 9.97 Å². The Morgan fingerprint density at radius 3 is 2.56 bits per heavy atom. The van der Waals surface area contributed by atoms with Crippen LogP contribution in [-0.2, 0) is 0 Å². The van der Waals surface area contributed by atoms with Gasteiger partial charge in [0.15, 0.2) is 0 Å². The summed E-state index contributed by atoms with van der Waals surface area (Å²) in [5, 5.41) is 20.4. The van der Waals surface area contributed by atoms with Gasteiger partial charge in [0.25, 0.3) is 0 Å². The number of nitrogens with zero attached hydrogens (tertiary/aromatic N) is 4. The number of anilines is 4. The van der Waals surface area contributed by atoms with Gasteiger partial charge in [0, 0.05) is 48.8 Å². The molecule has 2 aromatic heterocycles. The average molecular weight is 438 g/mol. The maximum absolute atomic E-state index is 9.88. The molecule has 2 saturated heterocycles. The molecule has 32 heavy (non-hydrogen) atoms. The number of piperidine rings is 1. The molecule has 3 aliphatic rings. The van der Waals surface area contributed by atoms with Crippen molar-refractivity contribution >= 4 is 23.3 Å². The van der Waals surface area contributed by atoms with Gasteiger partial charge in [-0.1, -0.05) is 0 Å². The highest BCUT2D eigenvalue weighted by atomic mass is 16.3. The predicted molar refractivity (Wildman–Crippen MR) is 128 cm³/mol. The Hall–Kier alpha value is -2.45. The number of hydrogen-bond donors (Lipinski definition) is 4. The first-order valence-electron chi connectivity index (χ1n) is 12.2. The number of pyridine rings is 1. The molecule has 1 saturated carbocycles. The molecule has 172 valence electrons. The number of aliphatic hydroxyl groups excluding tert-OH is 1. The number of rotatable bonds is 6. The second kappa shape index (κ2) is 10.0. The zero-order chi connectivity index (χ0) is 21.8.